The fourth-order valence-electron chi connectivity index (χ4n) is 12.3. The van der Waals surface area contributed by atoms with Crippen LogP contribution in [-0.4, -0.2) is 8.80 Å². The molecule has 72 heavy (non-hydrogen) atoms. The first kappa shape index (κ1) is 40.5. The van der Waals surface area contributed by atoms with Crippen molar-refractivity contribution < 1.29 is 0 Å². The minimum atomic E-state index is 1.12. The molecular weight excluding hydrogens is 873 g/mol. The average Bonchev–Trinajstić information content (AvgIpc) is 4.16. The highest BCUT2D eigenvalue weighted by molar-refractivity contribution is 6.38. The van der Waals surface area contributed by atoms with Gasteiger partial charge in [-0.2, -0.15) is 0 Å². The van der Waals surface area contributed by atoms with E-state index in [1.165, 1.54) is 110 Å². The molecule has 0 amide bonds. The number of hydrogen-bond donors (Lipinski definition) is 0. The molecule has 0 aliphatic rings. The van der Waals surface area contributed by atoms with Gasteiger partial charge in [-0.05, 0) is 121 Å². The molecule has 0 saturated heterocycles. The Morgan fingerprint density at radius 3 is 1.01 bits per heavy atom. The number of rotatable bonds is 8. The number of nitrogens with zero attached hydrogens (tertiary/aromatic N) is 4. The summed E-state index contributed by atoms with van der Waals surface area (Å²) in [6, 6.07) is 89.5. The average molecular weight is 919 g/mol. The second-order valence-electron chi connectivity index (χ2n) is 19.4. The van der Waals surface area contributed by atoms with Crippen molar-refractivity contribution in [2.24, 2.45) is 0 Å². The maximum absolute atomic E-state index is 2.61. The lowest BCUT2D eigenvalue weighted by atomic mass is 9.89. The van der Waals surface area contributed by atoms with Crippen LogP contribution in [0.15, 0.2) is 243 Å². The van der Waals surface area contributed by atoms with Crippen molar-refractivity contribution >= 4 is 110 Å². The Bertz CT molecular complexity index is 4280. The van der Waals surface area contributed by atoms with E-state index in [1.807, 2.05) is 0 Å². The summed E-state index contributed by atoms with van der Waals surface area (Å²) < 4.78 is 5.21. The second kappa shape index (κ2) is 15.6. The molecule has 0 saturated carbocycles. The zero-order chi connectivity index (χ0) is 47.6. The quantitative estimate of drug-likeness (QED) is 0.151. The standard InChI is InChI=1S/C68H46N4/c1-43-19-15-29-49(39-43)69(47-25-11-5-12-26-47)51-35-37-59-57(41-51)53-31-17-33-55-63-62(46-23-9-4-10-24-46)68-64(61(45-21-7-3-8-22-45)67(63)71(59)65(53)55)56-34-18-32-54-58-42-52(36-38-60(58)72(68)66(54)56)70(48-27-13-6-14-28-48)50-30-16-20-44(2)40-50/h3-42H,1-2H3. The first-order valence-electron chi connectivity index (χ1n) is 24.9. The summed E-state index contributed by atoms with van der Waals surface area (Å²) in [6.45, 7) is 4.34. The Hall–Kier alpha value is -9.38. The van der Waals surface area contributed by atoms with E-state index < -0.39 is 0 Å². The van der Waals surface area contributed by atoms with Crippen molar-refractivity contribution in [1.82, 2.24) is 8.80 Å². The van der Waals surface area contributed by atoms with E-state index in [-0.39, 0.29) is 0 Å². The van der Waals surface area contributed by atoms with Gasteiger partial charge in [0.2, 0.25) is 0 Å². The normalized spacial score (nSPS) is 12.0. The number of aromatic nitrogens is 2. The molecule has 0 bridgehead atoms. The molecule has 4 nitrogen and oxygen atoms in total. The molecule has 0 fully saturated rings. The third kappa shape index (κ3) is 5.81. The van der Waals surface area contributed by atoms with Gasteiger partial charge < -0.3 is 18.6 Å². The summed E-state index contributed by atoms with van der Waals surface area (Å²) in [7, 11) is 0. The van der Waals surface area contributed by atoms with Gasteiger partial charge in [0.15, 0.2) is 0 Å². The molecule has 0 aliphatic heterocycles. The fourth-order valence-corrected chi connectivity index (χ4v) is 12.3. The third-order valence-corrected chi connectivity index (χ3v) is 15.2. The van der Waals surface area contributed by atoms with Gasteiger partial charge in [-0.25, -0.2) is 0 Å². The molecule has 4 heterocycles. The van der Waals surface area contributed by atoms with Gasteiger partial charge in [0.1, 0.15) is 0 Å². The molecule has 0 atom stereocenters. The van der Waals surface area contributed by atoms with Crippen molar-refractivity contribution in [2.45, 2.75) is 13.8 Å². The zero-order valence-corrected chi connectivity index (χ0v) is 39.9. The maximum atomic E-state index is 2.61. The largest absolute Gasteiger partial charge is 0.310 e. The molecule has 11 aromatic carbocycles. The summed E-state index contributed by atoms with van der Waals surface area (Å²) in [6.07, 6.45) is 0. The molecule has 15 rings (SSSR count). The highest BCUT2D eigenvalue weighted by atomic mass is 15.1. The predicted molar refractivity (Wildman–Crippen MR) is 305 cm³/mol. The van der Waals surface area contributed by atoms with Gasteiger partial charge in [0.25, 0.3) is 0 Å². The van der Waals surface area contributed by atoms with Crippen LogP contribution in [0.5, 0.6) is 0 Å². The molecule has 4 heteroatoms. The first-order valence-corrected chi connectivity index (χ1v) is 24.9. The van der Waals surface area contributed by atoms with Crippen LogP contribution in [0.4, 0.5) is 34.1 Å². The zero-order valence-electron chi connectivity index (χ0n) is 39.9. The smallest absolute Gasteiger partial charge is 0.0634 e. The summed E-state index contributed by atoms with van der Waals surface area (Å²) >= 11 is 0. The van der Waals surface area contributed by atoms with E-state index in [1.54, 1.807) is 0 Å². The Morgan fingerprint density at radius 2 is 0.611 bits per heavy atom. The van der Waals surface area contributed by atoms with Crippen LogP contribution < -0.4 is 9.80 Å². The fraction of sp³-hybridized carbons (Fsp3) is 0.0294. The molecular formula is C68H46N4. The Morgan fingerprint density at radius 1 is 0.264 bits per heavy atom. The first-order chi connectivity index (χ1) is 35.6. The van der Waals surface area contributed by atoms with Gasteiger partial charge >= 0.3 is 0 Å². The summed E-state index contributed by atoms with van der Waals surface area (Å²) in [5.74, 6) is 0. The number of benzene rings is 11. The highest BCUT2D eigenvalue weighted by Crippen LogP contribution is 2.54. The lowest BCUT2D eigenvalue weighted by molar-refractivity contribution is 1.27. The Labute approximate surface area is 416 Å². The van der Waals surface area contributed by atoms with E-state index in [0.29, 0.717) is 0 Å². The highest BCUT2D eigenvalue weighted by Gasteiger charge is 2.31. The van der Waals surface area contributed by atoms with Gasteiger partial charge in [-0.15, -0.1) is 0 Å². The topological polar surface area (TPSA) is 15.3 Å². The van der Waals surface area contributed by atoms with E-state index >= 15 is 0 Å². The summed E-state index contributed by atoms with van der Waals surface area (Å²) in [4.78, 5) is 4.78. The lowest BCUT2D eigenvalue weighted by Crippen LogP contribution is -2.09. The second-order valence-corrected chi connectivity index (χ2v) is 19.4. The number of aryl methyl sites for hydroxylation is 2. The number of anilines is 6. The van der Waals surface area contributed by atoms with E-state index in [9.17, 15) is 0 Å². The van der Waals surface area contributed by atoms with Gasteiger partial charge in [-0.3, -0.25) is 0 Å². The van der Waals surface area contributed by atoms with E-state index in [4.69, 9.17) is 0 Å². The third-order valence-electron chi connectivity index (χ3n) is 15.2. The Balaban J connectivity index is 1.08. The van der Waals surface area contributed by atoms with Crippen molar-refractivity contribution in [3.05, 3.63) is 254 Å². The van der Waals surface area contributed by atoms with Gasteiger partial charge in [0, 0.05) is 88.3 Å². The van der Waals surface area contributed by atoms with Crippen molar-refractivity contribution in [3.63, 3.8) is 0 Å². The van der Waals surface area contributed by atoms with E-state index in [2.05, 4.69) is 275 Å². The van der Waals surface area contributed by atoms with Crippen molar-refractivity contribution in [3.8, 4) is 22.3 Å². The SMILES string of the molecule is Cc1cccc(N(c2ccccc2)c2ccc3c(c2)c2cccc4c5c(-c6ccccc6)c6c(c(-c7ccccc7)c5n3c24)c2cccc3c4cc(N(c5ccccc5)c5cccc(C)c5)ccc4n6c32)c1. The molecule has 15 aromatic rings. The van der Waals surface area contributed by atoms with Crippen LogP contribution in [0.25, 0.3) is 98.4 Å². The van der Waals surface area contributed by atoms with Crippen LogP contribution in [-0.2, 0) is 0 Å². The molecule has 0 unspecified atom stereocenters. The van der Waals surface area contributed by atoms with Crippen molar-refractivity contribution in [2.75, 3.05) is 9.80 Å². The number of fused-ring (bicyclic) bond motifs is 12. The molecule has 0 N–H and O–H groups in total. The minimum absolute atomic E-state index is 1.12. The molecule has 338 valence electrons. The maximum Gasteiger partial charge on any atom is 0.0634 e. The van der Waals surface area contributed by atoms with Gasteiger partial charge in [0.05, 0.1) is 33.1 Å². The number of para-hydroxylation sites is 4. The van der Waals surface area contributed by atoms with Crippen LogP contribution >= 0.6 is 0 Å². The number of hydrogen-bond acceptors (Lipinski definition) is 2. The van der Waals surface area contributed by atoms with Crippen LogP contribution in [0.3, 0.4) is 0 Å². The van der Waals surface area contributed by atoms with Gasteiger partial charge in [-0.1, -0.05) is 158 Å². The molecule has 0 radical (unpaired) electrons. The van der Waals surface area contributed by atoms with Crippen molar-refractivity contribution in [1.29, 1.82) is 0 Å². The molecule has 0 spiro atoms. The predicted octanol–water partition coefficient (Wildman–Crippen LogP) is 18.9. The van der Waals surface area contributed by atoms with Crippen LogP contribution in [0.1, 0.15) is 11.1 Å². The minimum Gasteiger partial charge on any atom is -0.310 e. The lowest BCUT2D eigenvalue weighted by Gasteiger charge is -2.26. The summed E-state index contributed by atoms with van der Waals surface area (Å²) in [5, 5.41) is 9.99. The molecule has 0 aliphatic carbocycles. The van der Waals surface area contributed by atoms with E-state index in [0.717, 1.165) is 34.1 Å². The monoisotopic (exact) mass is 918 g/mol. The molecule has 4 aromatic heterocycles. The summed E-state index contributed by atoms with van der Waals surface area (Å²) in [5.41, 5.74) is 21.5. The Kier molecular flexibility index (Phi) is 8.75. The van der Waals surface area contributed by atoms with Crippen LogP contribution in [0, 0.1) is 13.8 Å². The van der Waals surface area contributed by atoms with Crippen LogP contribution in [0.2, 0.25) is 0 Å².